The molecule has 3 aliphatic heterocycles. The fourth-order valence-electron chi connectivity index (χ4n) is 5.55. The van der Waals surface area contributed by atoms with Gasteiger partial charge in [-0.1, -0.05) is 17.7 Å². The third kappa shape index (κ3) is 3.09. The Hall–Kier alpha value is -3.79. The van der Waals surface area contributed by atoms with Gasteiger partial charge in [0.05, 0.1) is 28.9 Å². The highest BCUT2D eigenvalue weighted by Gasteiger charge is 2.65. The van der Waals surface area contributed by atoms with Crippen molar-refractivity contribution in [3.8, 4) is 0 Å². The van der Waals surface area contributed by atoms with E-state index < -0.39 is 40.3 Å². The molecule has 2 aromatic carbocycles. The molecule has 0 bridgehead atoms. The molecule has 34 heavy (non-hydrogen) atoms. The first-order valence-electron chi connectivity index (χ1n) is 11.1. The van der Waals surface area contributed by atoms with Gasteiger partial charge in [0.15, 0.2) is 5.41 Å². The number of urea groups is 1. The summed E-state index contributed by atoms with van der Waals surface area (Å²) in [5, 5.41) is 13.8. The third-order valence-corrected chi connectivity index (χ3v) is 6.94. The minimum atomic E-state index is -1.71. The number of morpholine rings is 1. The van der Waals surface area contributed by atoms with Crippen molar-refractivity contribution >= 4 is 34.9 Å². The maximum Gasteiger partial charge on any atom is 0.335 e. The van der Waals surface area contributed by atoms with Crippen LogP contribution in [0.2, 0.25) is 0 Å². The van der Waals surface area contributed by atoms with E-state index in [9.17, 15) is 24.5 Å². The molecule has 3 heterocycles. The van der Waals surface area contributed by atoms with Gasteiger partial charge in [-0.3, -0.25) is 25.0 Å². The molecule has 1 spiro atoms. The Morgan fingerprint density at radius 2 is 1.82 bits per heavy atom. The number of fused-ring (bicyclic) bond motifs is 4. The summed E-state index contributed by atoms with van der Waals surface area (Å²) in [6.45, 7) is 5.97. The van der Waals surface area contributed by atoms with Crippen molar-refractivity contribution in [1.29, 1.82) is 0 Å². The van der Waals surface area contributed by atoms with Crippen LogP contribution in [0.15, 0.2) is 42.5 Å². The quantitative estimate of drug-likeness (QED) is 0.412. The summed E-state index contributed by atoms with van der Waals surface area (Å²) in [6, 6.07) is 9.82. The maximum atomic E-state index is 14.1. The Morgan fingerprint density at radius 3 is 2.50 bits per heavy atom. The van der Waals surface area contributed by atoms with Gasteiger partial charge in [0.2, 0.25) is 5.91 Å². The van der Waals surface area contributed by atoms with Gasteiger partial charge < -0.3 is 9.64 Å². The molecular weight excluding hydrogens is 440 g/mol. The lowest BCUT2D eigenvalue weighted by molar-refractivity contribution is -0.384. The highest BCUT2D eigenvalue weighted by molar-refractivity contribution is 6.30. The summed E-state index contributed by atoms with van der Waals surface area (Å²) in [5.41, 5.74) is 0.690. The van der Waals surface area contributed by atoms with Crippen molar-refractivity contribution < 1.29 is 24.0 Å². The number of hydrogen-bond acceptors (Lipinski definition) is 7. The number of carbonyl (C=O) groups is 3. The van der Waals surface area contributed by atoms with Crippen LogP contribution in [0.25, 0.3) is 0 Å². The molecule has 0 radical (unpaired) electrons. The van der Waals surface area contributed by atoms with E-state index in [1.54, 1.807) is 37.3 Å². The predicted octanol–water partition coefficient (Wildman–Crippen LogP) is 2.71. The number of nitro groups is 1. The van der Waals surface area contributed by atoms with Crippen molar-refractivity contribution in [2.24, 2.45) is 5.41 Å². The Labute approximate surface area is 195 Å². The van der Waals surface area contributed by atoms with E-state index in [0.717, 1.165) is 16.2 Å². The average Bonchev–Trinajstić information content (AvgIpc) is 2.78. The lowest BCUT2D eigenvalue weighted by Gasteiger charge is -2.56. The average molecular weight is 464 g/mol. The van der Waals surface area contributed by atoms with Crippen LogP contribution in [-0.4, -0.2) is 47.6 Å². The Bertz CT molecular complexity index is 1230. The van der Waals surface area contributed by atoms with Gasteiger partial charge in [-0.25, -0.2) is 9.69 Å². The molecule has 0 saturated carbocycles. The van der Waals surface area contributed by atoms with Crippen molar-refractivity contribution in [3.05, 3.63) is 63.7 Å². The van der Waals surface area contributed by atoms with Crippen LogP contribution in [0.4, 0.5) is 21.9 Å². The summed E-state index contributed by atoms with van der Waals surface area (Å²) in [6.07, 6.45) is -0.802. The maximum absolute atomic E-state index is 14.1. The number of imide groups is 2. The summed E-state index contributed by atoms with van der Waals surface area (Å²) in [4.78, 5) is 54.4. The largest absolute Gasteiger partial charge is 0.372 e. The fourth-order valence-corrected chi connectivity index (χ4v) is 5.55. The number of nitrogens with zero attached hydrogens (tertiary/aromatic N) is 3. The molecule has 0 aromatic heterocycles. The number of benzene rings is 2. The number of barbiturate groups is 1. The van der Waals surface area contributed by atoms with Crippen LogP contribution in [0, 0.1) is 22.5 Å². The van der Waals surface area contributed by atoms with Crippen LogP contribution in [-0.2, 0) is 20.7 Å². The van der Waals surface area contributed by atoms with E-state index in [1.165, 1.54) is 12.1 Å². The molecule has 10 nitrogen and oxygen atoms in total. The van der Waals surface area contributed by atoms with E-state index in [2.05, 4.69) is 5.32 Å². The summed E-state index contributed by atoms with van der Waals surface area (Å²) in [7, 11) is 0. The van der Waals surface area contributed by atoms with Crippen molar-refractivity contribution in [1.82, 2.24) is 5.32 Å². The van der Waals surface area contributed by atoms with Gasteiger partial charge in [-0.15, -0.1) is 0 Å². The van der Waals surface area contributed by atoms with E-state index in [1.807, 2.05) is 18.7 Å². The molecular formula is C24H24N4O6. The topological polar surface area (TPSA) is 122 Å². The molecule has 4 atom stereocenters. The van der Waals surface area contributed by atoms with Crippen LogP contribution in [0.1, 0.15) is 25.0 Å². The third-order valence-electron chi connectivity index (χ3n) is 6.94. The number of carbonyl (C=O) groups excluding carboxylic acids is 3. The SMILES string of the molecule is Cc1ccc(N2C(=O)NC(=O)[C@]3(Cc4cc([N+](=O)[O-])ccc4N4C[C@H](C)O[C@H](C)[C@H]43)C2=O)cc1. The van der Waals surface area contributed by atoms with Gasteiger partial charge in [0, 0.05) is 30.8 Å². The number of anilines is 2. The molecule has 2 aromatic rings. The minimum Gasteiger partial charge on any atom is -0.372 e. The number of aryl methyl sites for hydroxylation is 1. The van der Waals surface area contributed by atoms with Crippen LogP contribution in [0.5, 0.6) is 0 Å². The normalized spacial score (nSPS) is 28.4. The molecule has 3 aliphatic rings. The first-order valence-corrected chi connectivity index (χ1v) is 11.1. The second kappa shape index (κ2) is 7.63. The second-order valence-electron chi connectivity index (χ2n) is 9.20. The molecule has 0 aliphatic carbocycles. The molecule has 2 saturated heterocycles. The molecule has 4 amide bonds. The van der Waals surface area contributed by atoms with Gasteiger partial charge in [-0.05, 0) is 44.5 Å². The second-order valence-corrected chi connectivity index (χ2v) is 9.20. The number of nitro benzene ring substituents is 1. The van der Waals surface area contributed by atoms with Crippen molar-refractivity contribution in [2.75, 3.05) is 16.3 Å². The lowest BCUT2D eigenvalue weighted by atomic mass is 9.66. The van der Waals surface area contributed by atoms with E-state index >= 15 is 0 Å². The Morgan fingerprint density at radius 1 is 1.12 bits per heavy atom. The Balaban J connectivity index is 1.70. The standard InChI is InChI=1S/C24H24N4O6/c1-13-4-6-17(7-5-13)27-22(30)24(21(29)25-23(27)31)11-16-10-18(28(32)33)8-9-19(16)26-12-14(2)34-15(3)20(24)26/h4-10,14-15,20H,11-12H2,1-3H3,(H,25,29,31)/t14-,15+,20-,24+/m0/s1. The van der Waals surface area contributed by atoms with Crippen molar-refractivity contribution in [2.45, 2.75) is 45.4 Å². The fraction of sp³-hybridized carbons (Fsp3) is 0.375. The van der Waals surface area contributed by atoms with Crippen LogP contribution < -0.4 is 15.1 Å². The zero-order valence-corrected chi connectivity index (χ0v) is 19.0. The molecule has 5 rings (SSSR count). The Kier molecular flexibility index (Phi) is 4.94. The summed E-state index contributed by atoms with van der Waals surface area (Å²) in [5.74, 6) is -1.38. The van der Waals surface area contributed by atoms with E-state index in [-0.39, 0.29) is 18.2 Å². The first-order chi connectivity index (χ1) is 16.1. The highest BCUT2D eigenvalue weighted by Crippen LogP contribution is 2.48. The summed E-state index contributed by atoms with van der Waals surface area (Å²) >= 11 is 0. The molecule has 2 fully saturated rings. The van der Waals surface area contributed by atoms with Crippen LogP contribution in [0.3, 0.4) is 0 Å². The van der Waals surface area contributed by atoms with Gasteiger partial charge in [-0.2, -0.15) is 0 Å². The predicted molar refractivity (Wildman–Crippen MR) is 123 cm³/mol. The van der Waals surface area contributed by atoms with Gasteiger partial charge >= 0.3 is 6.03 Å². The smallest absolute Gasteiger partial charge is 0.335 e. The molecule has 0 unspecified atom stereocenters. The monoisotopic (exact) mass is 464 g/mol. The minimum absolute atomic E-state index is 0.0897. The number of hydrogen-bond donors (Lipinski definition) is 1. The summed E-state index contributed by atoms with van der Waals surface area (Å²) < 4.78 is 6.05. The van der Waals surface area contributed by atoms with Crippen molar-refractivity contribution in [3.63, 3.8) is 0 Å². The number of non-ortho nitro benzene ring substituents is 1. The first kappa shape index (κ1) is 22.0. The van der Waals surface area contributed by atoms with E-state index in [4.69, 9.17) is 4.74 Å². The molecule has 1 N–H and O–H groups in total. The number of amides is 4. The molecule has 176 valence electrons. The van der Waals surface area contributed by atoms with Gasteiger partial charge in [0.1, 0.15) is 0 Å². The lowest BCUT2D eigenvalue weighted by Crippen LogP contribution is -2.76. The number of nitrogens with one attached hydrogen (secondary N) is 1. The zero-order chi connectivity index (χ0) is 24.4. The highest BCUT2D eigenvalue weighted by atomic mass is 16.6. The zero-order valence-electron chi connectivity index (χ0n) is 19.0. The van der Waals surface area contributed by atoms with E-state index in [0.29, 0.717) is 17.8 Å². The number of rotatable bonds is 2. The van der Waals surface area contributed by atoms with Crippen LogP contribution >= 0.6 is 0 Å². The molecule has 10 heteroatoms. The van der Waals surface area contributed by atoms with Gasteiger partial charge in [0.25, 0.3) is 11.6 Å². The number of ether oxygens (including phenoxy) is 1.